The zero-order valence-electron chi connectivity index (χ0n) is 31.4. The summed E-state index contributed by atoms with van der Waals surface area (Å²) in [6.07, 6.45) is -4.86. The Morgan fingerprint density at radius 1 is 1.16 bits per heavy atom. The molecule has 3 N–H and O–H groups in total. The normalized spacial score (nSPS) is 24.6. The number of thiophene rings is 1. The molecule has 0 bridgehead atoms. The molecule has 0 spiro atoms. The molecule has 20 heteroatoms. The minimum absolute atomic E-state index is 0.0487. The first kappa shape index (κ1) is 38.5. The van der Waals surface area contributed by atoms with Crippen LogP contribution in [0.2, 0.25) is 0 Å². The van der Waals surface area contributed by atoms with Gasteiger partial charge in [-0.3, -0.25) is 9.80 Å². The van der Waals surface area contributed by atoms with Gasteiger partial charge >= 0.3 is 12.2 Å². The van der Waals surface area contributed by atoms with Gasteiger partial charge in [-0.05, 0) is 51.3 Å². The Hall–Kier alpha value is -4.97. The second-order valence-electron chi connectivity index (χ2n) is 15.5. The van der Waals surface area contributed by atoms with Crippen molar-refractivity contribution in [3.05, 3.63) is 47.0 Å². The summed E-state index contributed by atoms with van der Waals surface area (Å²) in [5, 5.41) is 24.9. The van der Waals surface area contributed by atoms with E-state index in [0.29, 0.717) is 43.1 Å². The van der Waals surface area contributed by atoms with Gasteiger partial charge in [0.25, 0.3) is 0 Å². The lowest BCUT2D eigenvalue weighted by Crippen LogP contribution is -2.46. The summed E-state index contributed by atoms with van der Waals surface area (Å²) in [5.41, 5.74) is 1.62. The molecular formula is C38H38F6N10O3S. The Morgan fingerprint density at radius 3 is 2.71 bits per heavy atom. The highest BCUT2D eigenvalue weighted by Crippen LogP contribution is 2.54. The molecule has 3 fully saturated rings. The van der Waals surface area contributed by atoms with Crippen LogP contribution in [0.1, 0.15) is 62.3 Å². The van der Waals surface area contributed by atoms with Gasteiger partial charge in [-0.15, -0.1) is 11.3 Å². The third-order valence-electron chi connectivity index (χ3n) is 11.8. The molecule has 7 heterocycles. The first-order valence-corrected chi connectivity index (χ1v) is 19.8. The lowest BCUT2D eigenvalue weighted by atomic mass is 9.91. The molecule has 9 rings (SSSR count). The number of ether oxygens (including phenoxy) is 2. The number of halogens is 6. The SMILES string of the molecule is Cc1ncn(C(O)N2CCCN3c4nc(OC[C@@]56CCCN5C[C@H](F)C6)nc5c(F)c(-c6ccc(F)c7sc(N)c(C#N)c67)c(C(F)(F)F)c(c45)OC(C)C[C@H]3C2)n1. The van der Waals surface area contributed by atoms with Crippen LogP contribution >= 0.6 is 11.3 Å². The van der Waals surface area contributed by atoms with Crippen LogP contribution < -0.4 is 20.1 Å². The zero-order valence-corrected chi connectivity index (χ0v) is 32.2. The fraction of sp³-hybridized carbons (Fsp3) is 0.500. The summed E-state index contributed by atoms with van der Waals surface area (Å²) in [5.74, 6) is -2.63. The highest BCUT2D eigenvalue weighted by atomic mass is 32.1. The van der Waals surface area contributed by atoms with Crippen molar-refractivity contribution in [3.8, 4) is 29.0 Å². The first-order chi connectivity index (χ1) is 27.7. The van der Waals surface area contributed by atoms with Crippen molar-refractivity contribution in [1.29, 1.82) is 5.26 Å². The summed E-state index contributed by atoms with van der Waals surface area (Å²) >= 11 is 0.668. The third kappa shape index (κ3) is 6.24. The fourth-order valence-electron chi connectivity index (χ4n) is 9.38. The van der Waals surface area contributed by atoms with Crippen molar-refractivity contribution in [1.82, 2.24) is 34.5 Å². The summed E-state index contributed by atoms with van der Waals surface area (Å²) in [7, 11) is 0. The number of nitriles is 1. The molecule has 0 radical (unpaired) electrons. The van der Waals surface area contributed by atoms with E-state index in [2.05, 4.69) is 15.1 Å². The van der Waals surface area contributed by atoms with Crippen LogP contribution in [0.5, 0.6) is 11.8 Å². The van der Waals surface area contributed by atoms with Crippen LogP contribution in [0.25, 0.3) is 32.1 Å². The number of aromatic nitrogens is 5. The molecule has 306 valence electrons. The molecule has 4 aliphatic heterocycles. The van der Waals surface area contributed by atoms with Crippen LogP contribution in [0.4, 0.5) is 37.2 Å². The number of rotatable bonds is 6. The molecule has 0 saturated carbocycles. The number of benzene rings is 2. The predicted octanol–water partition coefficient (Wildman–Crippen LogP) is 6.32. The van der Waals surface area contributed by atoms with E-state index in [4.69, 9.17) is 20.2 Å². The van der Waals surface area contributed by atoms with Crippen LogP contribution in [-0.2, 0) is 6.18 Å². The molecule has 0 amide bonds. The predicted molar refractivity (Wildman–Crippen MR) is 201 cm³/mol. The van der Waals surface area contributed by atoms with Crippen molar-refractivity contribution < 1.29 is 40.9 Å². The first-order valence-electron chi connectivity index (χ1n) is 19.0. The quantitative estimate of drug-likeness (QED) is 0.184. The number of aliphatic hydroxyl groups is 1. The molecule has 5 atom stereocenters. The van der Waals surface area contributed by atoms with E-state index in [9.17, 15) is 14.8 Å². The lowest BCUT2D eigenvalue weighted by molar-refractivity contribution is -0.138. The van der Waals surface area contributed by atoms with E-state index in [1.165, 1.54) is 11.0 Å². The smallest absolute Gasteiger partial charge is 0.420 e. The highest BCUT2D eigenvalue weighted by Gasteiger charge is 2.50. The van der Waals surface area contributed by atoms with Crippen LogP contribution in [0, 0.1) is 29.9 Å². The number of alkyl halides is 4. The maximum Gasteiger partial charge on any atom is 0.420 e. The van der Waals surface area contributed by atoms with E-state index in [0.717, 1.165) is 18.6 Å². The van der Waals surface area contributed by atoms with E-state index in [1.807, 2.05) is 11.0 Å². The number of hydrogen-bond acceptors (Lipinski definition) is 13. The lowest BCUT2D eigenvalue weighted by Gasteiger charge is -2.38. The number of aliphatic hydroxyl groups excluding tert-OH is 1. The molecule has 13 nitrogen and oxygen atoms in total. The molecule has 5 aromatic rings. The van der Waals surface area contributed by atoms with Crippen LogP contribution in [0.3, 0.4) is 0 Å². The Morgan fingerprint density at radius 2 is 1.97 bits per heavy atom. The summed E-state index contributed by atoms with van der Waals surface area (Å²) in [6, 6.07) is 2.87. The van der Waals surface area contributed by atoms with E-state index >= 15 is 22.0 Å². The van der Waals surface area contributed by atoms with Crippen molar-refractivity contribution in [2.75, 3.05) is 50.0 Å². The van der Waals surface area contributed by atoms with Gasteiger partial charge in [0.1, 0.15) is 64.5 Å². The second kappa shape index (κ2) is 14.1. The number of fused-ring (bicyclic) bond motifs is 4. The van der Waals surface area contributed by atoms with Gasteiger partial charge in [0, 0.05) is 56.0 Å². The van der Waals surface area contributed by atoms with Gasteiger partial charge in [0.05, 0.1) is 27.3 Å². The van der Waals surface area contributed by atoms with Gasteiger partial charge in [0.15, 0.2) is 5.82 Å². The van der Waals surface area contributed by atoms with Gasteiger partial charge in [-0.25, -0.2) is 22.8 Å². The molecule has 3 saturated heterocycles. The van der Waals surface area contributed by atoms with Gasteiger partial charge < -0.3 is 25.2 Å². The standard InChI is InChI=1S/C38H38F6N10O3S/c1-18-11-21-15-51(36(55)54-17-47-19(2)50-54)8-4-10-53(21)34-27-30(48-35(49-34)56-16-37-7-3-9-52(37)14-20(39)12-37)29(41)26(28(31(27)57-18)38(42,43)44)22-5-6-24(40)32-25(22)23(13-45)33(46)58-32/h5-6,17-18,20-21,36,55H,3-4,7-12,14-16,46H2,1-2H3/t18?,20-,21+,36?,37+/m1/s1. The maximum atomic E-state index is 17.7. The molecule has 0 aliphatic carbocycles. The van der Waals surface area contributed by atoms with Gasteiger partial charge in [0.2, 0.25) is 6.35 Å². The minimum atomic E-state index is -5.26. The summed E-state index contributed by atoms with van der Waals surface area (Å²) in [6.45, 7) is 4.89. The summed E-state index contributed by atoms with van der Waals surface area (Å²) in [4.78, 5) is 18.8. The fourth-order valence-corrected chi connectivity index (χ4v) is 10.3. The number of nitrogen functional groups attached to an aromatic ring is 1. The number of anilines is 2. The molecule has 2 aromatic carbocycles. The Labute approximate surface area is 331 Å². The Balaban J connectivity index is 1.28. The topological polar surface area (TPSA) is 155 Å². The van der Waals surface area contributed by atoms with Crippen LogP contribution in [-0.4, -0.2) is 103 Å². The van der Waals surface area contributed by atoms with Crippen molar-refractivity contribution >= 4 is 43.1 Å². The Bertz CT molecular complexity index is 2490. The van der Waals surface area contributed by atoms with E-state index < -0.39 is 76.0 Å². The average Bonchev–Trinajstić information content (AvgIpc) is 3.90. The highest BCUT2D eigenvalue weighted by molar-refractivity contribution is 7.23. The second-order valence-corrected chi connectivity index (χ2v) is 16.6. The number of nitrogens with two attached hydrogens (primary N) is 1. The van der Waals surface area contributed by atoms with Crippen molar-refractivity contribution in [3.63, 3.8) is 0 Å². The van der Waals surface area contributed by atoms with Crippen molar-refractivity contribution in [2.24, 2.45) is 0 Å². The number of aryl methyl sites for hydroxylation is 1. The molecule has 3 aromatic heterocycles. The van der Waals surface area contributed by atoms with Gasteiger partial charge in [-0.2, -0.15) is 33.5 Å². The largest absolute Gasteiger partial charge is 0.489 e. The van der Waals surface area contributed by atoms with E-state index in [1.54, 1.807) is 23.6 Å². The van der Waals surface area contributed by atoms with Crippen LogP contribution in [0.15, 0.2) is 18.5 Å². The Kier molecular flexibility index (Phi) is 9.37. The molecular weight excluding hydrogens is 791 g/mol. The molecule has 4 aliphatic rings. The zero-order chi connectivity index (χ0) is 40.8. The van der Waals surface area contributed by atoms with E-state index in [-0.39, 0.29) is 76.9 Å². The van der Waals surface area contributed by atoms with Crippen molar-refractivity contribution in [2.45, 2.75) is 82.3 Å². The maximum absolute atomic E-state index is 17.7. The molecule has 2 unspecified atom stereocenters. The van der Waals surface area contributed by atoms with Gasteiger partial charge in [-0.1, -0.05) is 6.07 Å². The monoisotopic (exact) mass is 828 g/mol. The number of hydrogen-bond donors (Lipinski definition) is 2. The minimum Gasteiger partial charge on any atom is -0.489 e. The molecule has 58 heavy (non-hydrogen) atoms. The number of nitrogens with zero attached hydrogens (tertiary/aromatic N) is 9. The average molecular weight is 829 g/mol. The summed E-state index contributed by atoms with van der Waals surface area (Å²) < 4.78 is 108. The third-order valence-corrected chi connectivity index (χ3v) is 12.9.